The van der Waals surface area contributed by atoms with E-state index in [9.17, 15) is 0 Å². The fourth-order valence-corrected chi connectivity index (χ4v) is 1.47. The summed E-state index contributed by atoms with van der Waals surface area (Å²) in [6.45, 7) is 2.75. The van der Waals surface area contributed by atoms with E-state index < -0.39 is 0 Å². The maximum Gasteiger partial charge on any atom is 0.119 e. The Hall–Kier alpha value is -0.760. The van der Waals surface area contributed by atoms with Gasteiger partial charge in [-0.2, -0.15) is 0 Å². The van der Waals surface area contributed by atoms with Crippen molar-refractivity contribution in [1.29, 1.82) is 0 Å². The van der Waals surface area contributed by atoms with E-state index in [0.717, 1.165) is 31.9 Å². The summed E-state index contributed by atoms with van der Waals surface area (Å²) in [6, 6.07) is 0. The molecule has 60 valence electrons. The van der Waals surface area contributed by atoms with Gasteiger partial charge in [-0.3, -0.25) is 0 Å². The SMILES string of the molecule is C1=C2CNCCOC2=CCC1. The van der Waals surface area contributed by atoms with E-state index in [0.29, 0.717) is 0 Å². The molecule has 0 atom stereocenters. The summed E-state index contributed by atoms with van der Waals surface area (Å²) < 4.78 is 5.54. The van der Waals surface area contributed by atoms with Crippen LogP contribution in [-0.4, -0.2) is 19.7 Å². The van der Waals surface area contributed by atoms with Crippen LogP contribution >= 0.6 is 0 Å². The van der Waals surface area contributed by atoms with Gasteiger partial charge in [-0.15, -0.1) is 0 Å². The van der Waals surface area contributed by atoms with Gasteiger partial charge >= 0.3 is 0 Å². The molecule has 2 rings (SSSR count). The van der Waals surface area contributed by atoms with Crippen molar-refractivity contribution in [2.45, 2.75) is 12.8 Å². The largest absolute Gasteiger partial charge is 0.492 e. The summed E-state index contributed by atoms with van der Waals surface area (Å²) >= 11 is 0. The molecule has 0 spiro atoms. The highest BCUT2D eigenvalue weighted by atomic mass is 16.5. The molecule has 1 aliphatic heterocycles. The minimum atomic E-state index is 0.809. The van der Waals surface area contributed by atoms with Crippen molar-refractivity contribution in [2.24, 2.45) is 0 Å². The van der Waals surface area contributed by atoms with Crippen LogP contribution in [0.2, 0.25) is 0 Å². The number of fused-ring (bicyclic) bond motifs is 1. The van der Waals surface area contributed by atoms with Crippen LogP contribution in [0, 0.1) is 0 Å². The minimum absolute atomic E-state index is 0.809. The molecule has 1 N–H and O–H groups in total. The van der Waals surface area contributed by atoms with Crippen LogP contribution in [0.25, 0.3) is 0 Å². The minimum Gasteiger partial charge on any atom is -0.492 e. The van der Waals surface area contributed by atoms with Gasteiger partial charge in [-0.05, 0) is 18.9 Å². The van der Waals surface area contributed by atoms with Crippen molar-refractivity contribution < 1.29 is 4.74 Å². The zero-order valence-electron chi connectivity index (χ0n) is 6.60. The Morgan fingerprint density at radius 3 is 3.18 bits per heavy atom. The van der Waals surface area contributed by atoms with Crippen molar-refractivity contribution >= 4 is 0 Å². The molecule has 2 nitrogen and oxygen atoms in total. The van der Waals surface area contributed by atoms with Crippen molar-refractivity contribution in [3.63, 3.8) is 0 Å². The number of rotatable bonds is 0. The van der Waals surface area contributed by atoms with Crippen LogP contribution in [0.3, 0.4) is 0 Å². The highest BCUT2D eigenvalue weighted by Gasteiger charge is 2.12. The molecule has 1 aliphatic carbocycles. The third kappa shape index (κ3) is 1.46. The molecule has 0 aromatic carbocycles. The second-order valence-corrected chi connectivity index (χ2v) is 2.90. The lowest BCUT2D eigenvalue weighted by Crippen LogP contribution is -2.17. The molecule has 1 heterocycles. The third-order valence-corrected chi connectivity index (χ3v) is 2.06. The molecule has 0 unspecified atom stereocenters. The van der Waals surface area contributed by atoms with E-state index >= 15 is 0 Å². The van der Waals surface area contributed by atoms with Gasteiger partial charge in [0.15, 0.2) is 0 Å². The van der Waals surface area contributed by atoms with Crippen LogP contribution in [0.1, 0.15) is 12.8 Å². The molecule has 0 bridgehead atoms. The monoisotopic (exact) mass is 151 g/mol. The van der Waals surface area contributed by atoms with Gasteiger partial charge < -0.3 is 10.1 Å². The van der Waals surface area contributed by atoms with E-state index in [1.807, 2.05) is 0 Å². The lowest BCUT2D eigenvalue weighted by Gasteiger charge is -2.12. The topological polar surface area (TPSA) is 21.3 Å². The standard InChI is InChI=1S/C9H13NO/c1-2-4-9-8(3-1)7-10-5-6-11-9/h3-4,10H,1-2,5-7H2. The van der Waals surface area contributed by atoms with Crippen LogP contribution in [0.5, 0.6) is 0 Å². The van der Waals surface area contributed by atoms with Gasteiger partial charge in [0.25, 0.3) is 0 Å². The van der Waals surface area contributed by atoms with E-state index in [4.69, 9.17) is 4.74 Å². The summed E-state index contributed by atoms with van der Waals surface area (Å²) in [5.41, 5.74) is 1.34. The Bertz CT molecular complexity index is 184. The Morgan fingerprint density at radius 2 is 2.18 bits per heavy atom. The Kier molecular flexibility index (Phi) is 1.95. The van der Waals surface area contributed by atoms with Crippen LogP contribution in [-0.2, 0) is 4.74 Å². The van der Waals surface area contributed by atoms with Crippen LogP contribution in [0.4, 0.5) is 0 Å². The first-order chi connectivity index (χ1) is 5.47. The van der Waals surface area contributed by atoms with E-state index in [1.54, 1.807) is 0 Å². The summed E-state index contributed by atoms with van der Waals surface area (Å²) in [5.74, 6) is 1.11. The molecule has 11 heavy (non-hydrogen) atoms. The third-order valence-electron chi connectivity index (χ3n) is 2.06. The van der Waals surface area contributed by atoms with E-state index in [2.05, 4.69) is 17.5 Å². The summed E-state index contributed by atoms with van der Waals surface area (Å²) in [5, 5.41) is 3.31. The number of nitrogens with one attached hydrogen (secondary N) is 1. The fourth-order valence-electron chi connectivity index (χ4n) is 1.47. The smallest absolute Gasteiger partial charge is 0.119 e. The molecule has 0 radical (unpaired) electrons. The first-order valence-electron chi connectivity index (χ1n) is 4.20. The first kappa shape index (κ1) is 6.92. The molecular weight excluding hydrogens is 138 g/mol. The van der Waals surface area contributed by atoms with Crippen molar-refractivity contribution in [3.05, 3.63) is 23.5 Å². The van der Waals surface area contributed by atoms with Crippen molar-refractivity contribution in [1.82, 2.24) is 5.32 Å². The second-order valence-electron chi connectivity index (χ2n) is 2.90. The molecule has 0 aromatic rings. The Labute approximate surface area is 66.9 Å². The molecule has 2 heteroatoms. The Morgan fingerprint density at radius 1 is 1.27 bits per heavy atom. The van der Waals surface area contributed by atoms with E-state index in [1.165, 1.54) is 12.0 Å². The predicted molar refractivity (Wildman–Crippen MR) is 44.2 cm³/mol. The fraction of sp³-hybridized carbons (Fsp3) is 0.556. The van der Waals surface area contributed by atoms with E-state index in [-0.39, 0.29) is 0 Å². The molecule has 0 saturated carbocycles. The van der Waals surface area contributed by atoms with Gasteiger partial charge in [0.05, 0.1) is 0 Å². The summed E-state index contributed by atoms with van der Waals surface area (Å²) in [7, 11) is 0. The molecule has 1 fully saturated rings. The van der Waals surface area contributed by atoms with Crippen molar-refractivity contribution in [3.8, 4) is 0 Å². The first-order valence-corrected chi connectivity index (χ1v) is 4.20. The highest BCUT2D eigenvalue weighted by Crippen LogP contribution is 2.20. The maximum absolute atomic E-state index is 5.54. The van der Waals surface area contributed by atoms with Crippen molar-refractivity contribution in [2.75, 3.05) is 19.7 Å². The number of hydrogen-bond acceptors (Lipinski definition) is 2. The van der Waals surface area contributed by atoms with Gasteiger partial charge in [0.1, 0.15) is 12.4 Å². The van der Waals surface area contributed by atoms with Crippen LogP contribution in [0.15, 0.2) is 23.5 Å². The molecule has 1 saturated heterocycles. The predicted octanol–water partition coefficient (Wildman–Crippen LogP) is 1.21. The maximum atomic E-state index is 5.54. The average molecular weight is 151 g/mol. The lowest BCUT2D eigenvalue weighted by molar-refractivity contribution is 0.230. The average Bonchev–Trinajstić information content (AvgIpc) is 2.28. The highest BCUT2D eigenvalue weighted by molar-refractivity contribution is 5.30. The van der Waals surface area contributed by atoms with Crippen LogP contribution < -0.4 is 5.32 Å². The summed E-state index contributed by atoms with van der Waals surface area (Å²) in [6.07, 6.45) is 6.78. The summed E-state index contributed by atoms with van der Waals surface area (Å²) in [4.78, 5) is 0. The normalized spacial score (nSPS) is 24.0. The van der Waals surface area contributed by atoms with Gasteiger partial charge in [0.2, 0.25) is 0 Å². The molecule has 2 aliphatic rings. The Balaban J connectivity index is 2.17. The van der Waals surface area contributed by atoms with Gasteiger partial charge in [-0.1, -0.05) is 6.08 Å². The second kappa shape index (κ2) is 3.09. The molecule has 0 amide bonds. The van der Waals surface area contributed by atoms with Gasteiger partial charge in [0, 0.05) is 18.7 Å². The van der Waals surface area contributed by atoms with Gasteiger partial charge in [-0.25, -0.2) is 0 Å². The lowest BCUT2D eigenvalue weighted by atomic mass is 10.1. The number of ether oxygens (including phenoxy) is 1. The number of allylic oxidation sites excluding steroid dienone is 2. The number of hydrogen-bond donors (Lipinski definition) is 1. The quantitative estimate of drug-likeness (QED) is 0.562. The zero-order valence-corrected chi connectivity index (χ0v) is 6.60. The molecular formula is C9H13NO. The molecule has 0 aromatic heterocycles. The zero-order chi connectivity index (χ0) is 7.52.